The predicted molar refractivity (Wildman–Crippen MR) is 94.9 cm³/mol. The predicted octanol–water partition coefficient (Wildman–Crippen LogP) is 2.44. The van der Waals surface area contributed by atoms with Gasteiger partial charge in [-0.05, 0) is 37.8 Å². The minimum Gasteiger partial charge on any atom is -0.492 e. The molecule has 1 aromatic carbocycles. The molecule has 0 aliphatic carbocycles. The van der Waals surface area contributed by atoms with Crippen molar-refractivity contribution < 1.29 is 19.0 Å². The van der Waals surface area contributed by atoms with E-state index < -0.39 is 0 Å². The molecular formula is C19H28N2O4. The number of benzene rings is 1. The molecule has 0 spiro atoms. The van der Waals surface area contributed by atoms with Crippen molar-refractivity contribution >= 4 is 6.03 Å². The van der Waals surface area contributed by atoms with E-state index in [4.69, 9.17) is 14.2 Å². The number of carbonyl (C=O) groups excluding carboxylic acids is 1. The van der Waals surface area contributed by atoms with E-state index in [-0.39, 0.29) is 18.2 Å². The highest BCUT2D eigenvalue weighted by atomic mass is 16.5. The van der Waals surface area contributed by atoms with Gasteiger partial charge in [0.25, 0.3) is 0 Å². The van der Waals surface area contributed by atoms with Gasteiger partial charge in [-0.3, -0.25) is 0 Å². The van der Waals surface area contributed by atoms with E-state index in [1.54, 1.807) is 0 Å². The van der Waals surface area contributed by atoms with Crippen molar-refractivity contribution in [1.82, 2.24) is 10.2 Å². The van der Waals surface area contributed by atoms with Gasteiger partial charge in [0.1, 0.15) is 12.4 Å². The second-order valence-electron chi connectivity index (χ2n) is 6.58. The van der Waals surface area contributed by atoms with Crippen molar-refractivity contribution in [3.05, 3.63) is 30.3 Å². The Hall–Kier alpha value is -1.79. The number of hydrogen-bond donors (Lipinski definition) is 1. The average molecular weight is 348 g/mol. The summed E-state index contributed by atoms with van der Waals surface area (Å²) in [6.45, 7) is 3.86. The highest BCUT2D eigenvalue weighted by Gasteiger charge is 2.25. The molecule has 0 unspecified atom stereocenters. The summed E-state index contributed by atoms with van der Waals surface area (Å²) in [6, 6.07) is 9.85. The Morgan fingerprint density at radius 3 is 2.68 bits per heavy atom. The summed E-state index contributed by atoms with van der Waals surface area (Å²) < 4.78 is 16.8. The van der Waals surface area contributed by atoms with Crippen LogP contribution in [-0.4, -0.2) is 62.6 Å². The molecule has 0 radical (unpaired) electrons. The van der Waals surface area contributed by atoms with E-state index in [0.29, 0.717) is 32.9 Å². The van der Waals surface area contributed by atoms with E-state index in [9.17, 15) is 4.79 Å². The first-order valence-electron chi connectivity index (χ1n) is 9.24. The molecule has 6 heteroatoms. The molecule has 0 bridgehead atoms. The monoisotopic (exact) mass is 348 g/mol. The minimum absolute atomic E-state index is 0.0286. The normalized spacial score (nSPS) is 21.0. The zero-order valence-electron chi connectivity index (χ0n) is 14.7. The number of para-hydroxylation sites is 1. The molecule has 1 N–H and O–H groups in total. The molecule has 6 nitrogen and oxygen atoms in total. The first kappa shape index (κ1) is 18.0. The van der Waals surface area contributed by atoms with Crippen molar-refractivity contribution in [3.8, 4) is 5.75 Å². The van der Waals surface area contributed by atoms with Crippen molar-refractivity contribution in [3.63, 3.8) is 0 Å². The maximum atomic E-state index is 12.7. The van der Waals surface area contributed by atoms with Crippen molar-refractivity contribution in [1.29, 1.82) is 0 Å². The first-order chi connectivity index (χ1) is 12.3. The zero-order valence-corrected chi connectivity index (χ0v) is 14.7. The summed E-state index contributed by atoms with van der Waals surface area (Å²) in [5.41, 5.74) is 0. The quantitative estimate of drug-likeness (QED) is 0.822. The van der Waals surface area contributed by atoms with Crippen molar-refractivity contribution in [2.45, 2.75) is 37.8 Å². The van der Waals surface area contributed by atoms with Gasteiger partial charge in [-0.2, -0.15) is 0 Å². The molecule has 2 saturated heterocycles. The summed E-state index contributed by atoms with van der Waals surface area (Å²) in [5, 5.41) is 3.14. The van der Waals surface area contributed by atoms with Crippen LogP contribution in [0.25, 0.3) is 0 Å². The summed E-state index contributed by atoms with van der Waals surface area (Å²) in [7, 11) is 0. The number of carbonyl (C=O) groups is 1. The lowest BCUT2D eigenvalue weighted by Gasteiger charge is -2.29. The van der Waals surface area contributed by atoms with Crippen molar-refractivity contribution in [2.75, 3.05) is 39.5 Å². The van der Waals surface area contributed by atoms with Gasteiger partial charge >= 0.3 is 6.03 Å². The second kappa shape index (κ2) is 9.63. The van der Waals surface area contributed by atoms with E-state index in [1.165, 1.54) is 0 Å². The zero-order chi connectivity index (χ0) is 17.3. The molecule has 3 rings (SSSR count). The Kier molecular flexibility index (Phi) is 6.94. The van der Waals surface area contributed by atoms with Gasteiger partial charge in [0.05, 0.1) is 12.6 Å². The number of amides is 2. The highest BCUT2D eigenvalue weighted by molar-refractivity contribution is 5.74. The topological polar surface area (TPSA) is 60.0 Å². The fraction of sp³-hybridized carbons (Fsp3) is 0.632. The molecule has 1 atom stereocenters. The largest absolute Gasteiger partial charge is 0.492 e. The molecule has 2 aliphatic rings. The highest BCUT2D eigenvalue weighted by Crippen LogP contribution is 2.15. The van der Waals surface area contributed by atoms with Crippen LogP contribution in [0.15, 0.2) is 30.3 Å². The number of nitrogens with one attached hydrogen (secondary N) is 1. The Bertz CT molecular complexity index is 513. The van der Waals surface area contributed by atoms with Gasteiger partial charge in [0.2, 0.25) is 0 Å². The second-order valence-corrected chi connectivity index (χ2v) is 6.58. The number of nitrogens with zero attached hydrogens (tertiary/aromatic N) is 1. The lowest BCUT2D eigenvalue weighted by atomic mass is 10.1. The van der Waals surface area contributed by atoms with Crippen molar-refractivity contribution in [2.24, 2.45) is 0 Å². The average Bonchev–Trinajstić information content (AvgIpc) is 3.16. The van der Waals surface area contributed by atoms with E-state index >= 15 is 0 Å². The molecule has 25 heavy (non-hydrogen) atoms. The number of ether oxygens (including phenoxy) is 3. The van der Waals surface area contributed by atoms with Crippen LogP contribution in [0.5, 0.6) is 5.75 Å². The number of rotatable bonds is 7. The molecule has 2 amide bonds. The number of hydrogen-bond acceptors (Lipinski definition) is 4. The summed E-state index contributed by atoms with van der Waals surface area (Å²) >= 11 is 0. The van der Waals surface area contributed by atoms with Crippen LogP contribution in [0.2, 0.25) is 0 Å². The standard InChI is InChI=1S/C19H28N2O4/c22-19(20-16-8-12-23-13-9-16)21(15-18-7-4-11-24-18)10-14-25-17-5-2-1-3-6-17/h1-3,5-6,16,18H,4,7-15H2,(H,20,22)/t18-/m0/s1. The summed E-state index contributed by atoms with van der Waals surface area (Å²) in [6.07, 6.45) is 3.97. The lowest BCUT2D eigenvalue weighted by Crippen LogP contribution is -2.49. The molecule has 2 aliphatic heterocycles. The Morgan fingerprint density at radius 1 is 1.16 bits per heavy atom. The Labute approximate surface area is 149 Å². The minimum atomic E-state index is -0.0286. The third-order valence-corrected chi connectivity index (χ3v) is 4.66. The summed E-state index contributed by atoms with van der Waals surface area (Å²) in [5.74, 6) is 0.824. The van der Waals surface area contributed by atoms with Crippen LogP contribution in [-0.2, 0) is 9.47 Å². The third kappa shape index (κ3) is 5.90. The number of urea groups is 1. The summed E-state index contributed by atoms with van der Waals surface area (Å²) in [4.78, 5) is 14.5. The van der Waals surface area contributed by atoms with Crippen LogP contribution < -0.4 is 10.1 Å². The van der Waals surface area contributed by atoms with Crippen LogP contribution in [0.4, 0.5) is 4.79 Å². The van der Waals surface area contributed by atoms with Crippen LogP contribution in [0.1, 0.15) is 25.7 Å². The van der Waals surface area contributed by atoms with Gasteiger partial charge in [0, 0.05) is 32.4 Å². The van der Waals surface area contributed by atoms with Crippen LogP contribution >= 0.6 is 0 Å². The lowest BCUT2D eigenvalue weighted by molar-refractivity contribution is 0.0670. The van der Waals surface area contributed by atoms with Gasteiger partial charge < -0.3 is 24.4 Å². The van der Waals surface area contributed by atoms with Gasteiger partial charge in [0.15, 0.2) is 0 Å². The Balaban J connectivity index is 1.50. The Morgan fingerprint density at radius 2 is 1.96 bits per heavy atom. The molecular weight excluding hydrogens is 320 g/mol. The SMILES string of the molecule is O=C(NC1CCOCC1)N(CCOc1ccccc1)C[C@@H]1CCCO1. The van der Waals surface area contributed by atoms with Gasteiger partial charge in [-0.25, -0.2) is 4.79 Å². The van der Waals surface area contributed by atoms with E-state index in [2.05, 4.69) is 5.32 Å². The molecule has 1 aromatic rings. The third-order valence-electron chi connectivity index (χ3n) is 4.66. The van der Waals surface area contributed by atoms with E-state index in [0.717, 1.165) is 38.0 Å². The van der Waals surface area contributed by atoms with E-state index in [1.807, 2.05) is 35.2 Å². The maximum Gasteiger partial charge on any atom is 0.317 e. The molecule has 0 aromatic heterocycles. The molecule has 138 valence electrons. The molecule has 0 saturated carbocycles. The fourth-order valence-corrected chi connectivity index (χ4v) is 3.21. The fourth-order valence-electron chi connectivity index (χ4n) is 3.21. The first-order valence-corrected chi connectivity index (χ1v) is 9.24. The van der Waals surface area contributed by atoms with Gasteiger partial charge in [-0.1, -0.05) is 18.2 Å². The van der Waals surface area contributed by atoms with Gasteiger partial charge in [-0.15, -0.1) is 0 Å². The molecule has 2 fully saturated rings. The molecule has 2 heterocycles. The van der Waals surface area contributed by atoms with Crippen LogP contribution in [0, 0.1) is 0 Å². The van der Waals surface area contributed by atoms with Crippen LogP contribution in [0.3, 0.4) is 0 Å². The smallest absolute Gasteiger partial charge is 0.317 e. The maximum absolute atomic E-state index is 12.7.